The predicted molar refractivity (Wildman–Crippen MR) is 127 cm³/mol. The van der Waals surface area contributed by atoms with E-state index >= 15 is 0 Å². The van der Waals surface area contributed by atoms with Gasteiger partial charge in [0.2, 0.25) is 0 Å². The van der Waals surface area contributed by atoms with E-state index in [1.165, 1.54) is 16.7 Å². The molecule has 2 aliphatic rings. The highest BCUT2D eigenvalue weighted by atomic mass is 16.6. The van der Waals surface area contributed by atoms with Crippen molar-refractivity contribution in [2.45, 2.75) is 77.5 Å². The summed E-state index contributed by atoms with van der Waals surface area (Å²) in [6.07, 6.45) is 0. The molecule has 0 radical (unpaired) electrons. The summed E-state index contributed by atoms with van der Waals surface area (Å²) in [6.45, 7) is 17.7. The number of non-ortho nitro benzene ring substituents is 1. The molecule has 0 atom stereocenters. The van der Waals surface area contributed by atoms with Crippen molar-refractivity contribution in [1.82, 2.24) is 9.80 Å². The summed E-state index contributed by atoms with van der Waals surface area (Å²) < 4.78 is 0. The van der Waals surface area contributed by atoms with Gasteiger partial charge in [-0.25, -0.2) is 0 Å². The third-order valence-electron chi connectivity index (χ3n) is 8.13. The van der Waals surface area contributed by atoms with Crippen molar-refractivity contribution < 1.29 is 4.92 Å². The second kappa shape index (κ2) is 7.14. The lowest BCUT2D eigenvalue weighted by molar-refractivity contribution is -0.385. The summed E-state index contributed by atoms with van der Waals surface area (Å²) in [4.78, 5) is 15.2. The number of nitro benzene ring substituents is 1. The fraction of sp³-hybridized carbons (Fsp3) is 0.538. The zero-order chi connectivity index (χ0) is 23.6. The van der Waals surface area contributed by atoms with Gasteiger partial charge in [-0.2, -0.15) is 0 Å². The van der Waals surface area contributed by atoms with Crippen molar-refractivity contribution >= 4 is 5.69 Å². The Labute approximate surface area is 187 Å². The number of nitro groups is 1. The first-order valence-electron chi connectivity index (χ1n) is 10.9. The topological polar surface area (TPSA) is 49.6 Å². The van der Waals surface area contributed by atoms with Crippen LogP contribution in [0.5, 0.6) is 0 Å². The van der Waals surface area contributed by atoms with E-state index in [1.807, 2.05) is 6.07 Å². The number of hydrogen-bond acceptors (Lipinski definition) is 4. The lowest BCUT2D eigenvalue weighted by atomic mass is 9.90. The van der Waals surface area contributed by atoms with E-state index in [-0.39, 0.29) is 32.8 Å². The molecular weight excluding hydrogens is 386 g/mol. The van der Waals surface area contributed by atoms with E-state index < -0.39 is 0 Å². The Morgan fingerprint density at radius 3 is 1.39 bits per heavy atom. The minimum atomic E-state index is -0.332. The molecule has 168 valence electrons. The minimum absolute atomic E-state index is 0.0893. The zero-order valence-electron chi connectivity index (χ0n) is 20.7. The van der Waals surface area contributed by atoms with Gasteiger partial charge in [-0.05, 0) is 91.7 Å². The third kappa shape index (κ3) is 3.39. The van der Waals surface area contributed by atoms with Gasteiger partial charge in [0, 0.05) is 34.3 Å². The van der Waals surface area contributed by atoms with Crippen LogP contribution in [0, 0.1) is 10.1 Å². The van der Waals surface area contributed by atoms with E-state index in [4.69, 9.17) is 0 Å². The average Bonchev–Trinajstić information content (AvgIpc) is 2.93. The molecule has 0 saturated heterocycles. The number of benzene rings is 2. The van der Waals surface area contributed by atoms with Crippen molar-refractivity contribution in [2.75, 3.05) is 14.1 Å². The number of nitrogens with zero attached hydrogens (tertiary/aromatic N) is 3. The molecule has 0 saturated carbocycles. The summed E-state index contributed by atoms with van der Waals surface area (Å²) in [5, 5.41) is 10.8. The molecular formula is C26H37N3O2. The molecule has 0 aliphatic carbocycles. The highest BCUT2D eigenvalue weighted by molar-refractivity contribution is 5.49. The maximum absolute atomic E-state index is 10.8. The first-order valence-corrected chi connectivity index (χ1v) is 10.9. The Balaban J connectivity index is 0.000000179. The van der Waals surface area contributed by atoms with E-state index in [0.717, 1.165) is 5.56 Å². The zero-order valence-corrected chi connectivity index (χ0v) is 20.7. The summed E-state index contributed by atoms with van der Waals surface area (Å²) in [5.74, 6) is 0. The molecule has 2 aliphatic heterocycles. The largest absolute Gasteiger partial charge is 0.288 e. The molecule has 31 heavy (non-hydrogen) atoms. The maximum atomic E-state index is 10.8. The summed E-state index contributed by atoms with van der Waals surface area (Å²) in [7, 11) is 4.27. The number of hydrogen-bond donors (Lipinski definition) is 0. The van der Waals surface area contributed by atoms with E-state index in [0.29, 0.717) is 0 Å². The summed E-state index contributed by atoms with van der Waals surface area (Å²) in [6, 6.07) is 14.0. The fourth-order valence-corrected chi connectivity index (χ4v) is 5.36. The van der Waals surface area contributed by atoms with Gasteiger partial charge in [0.15, 0.2) is 0 Å². The van der Waals surface area contributed by atoms with Crippen LogP contribution in [0.25, 0.3) is 0 Å². The molecule has 0 amide bonds. The van der Waals surface area contributed by atoms with Crippen LogP contribution in [0.3, 0.4) is 0 Å². The van der Waals surface area contributed by atoms with Crippen LogP contribution < -0.4 is 0 Å². The van der Waals surface area contributed by atoms with Gasteiger partial charge < -0.3 is 0 Å². The molecule has 0 fully saturated rings. The second-order valence-electron chi connectivity index (χ2n) is 10.9. The van der Waals surface area contributed by atoms with Crippen LogP contribution in [-0.2, 0) is 22.2 Å². The van der Waals surface area contributed by atoms with E-state index in [1.54, 1.807) is 12.1 Å². The highest BCUT2D eigenvalue weighted by Gasteiger charge is 2.47. The average molecular weight is 424 g/mol. The minimum Gasteiger partial charge on any atom is -0.288 e. The molecule has 2 aromatic rings. The molecule has 2 heterocycles. The van der Waals surface area contributed by atoms with Gasteiger partial charge in [0.25, 0.3) is 5.69 Å². The van der Waals surface area contributed by atoms with Crippen LogP contribution in [0.2, 0.25) is 0 Å². The third-order valence-corrected chi connectivity index (χ3v) is 8.13. The molecule has 0 spiro atoms. The van der Waals surface area contributed by atoms with Crippen LogP contribution in [0.4, 0.5) is 5.69 Å². The van der Waals surface area contributed by atoms with Crippen molar-refractivity contribution in [3.8, 4) is 0 Å². The van der Waals surface area contributed by atoms with Crippen LogP contribution in [0.1, 0.15) is 77.6 Å². The summed E-state index contributed by atoms with van der Waals surface area (Å²) >= 11 is 0. The molecule has 0 unspecified atom stereocenters. The number of fused-ring (bicyclic) bond motifs is 2. The standard InChI is InChI=1S/C13H18N2O2.C13H19N/c1-12(2)10-7-6-9(15(16)17)8-11(10)13(3,4)14(12)5;1-12(2)10-8-6-7-9-11(10)13(3,4)14(12)5/h6-8H,1-5H3;6-9H,1-5H3. The van der Waals surface area contributed by atoms with Crippen molar-refractivity contribution in [3.05, 3.63) is 74.8 Å². The van der Waals surface area contributed by atoms with Gasteiger partial charge in [-0.1, -0.05) is 30.3 Å². The van der Waals surface area contributed by atoms with Crippen LogP contribution >= 0.6 is 0 Å². The Hall–Kier alpha value is -2.24. The summed E-state index contributed by atoms with van der Waals surface area (Å²) in [5.41, 5.74) is 5.37. The number of rotatable bonds is 1. The lowest BCUT2D eigenvalue weighted by Gasteiger charge is -2.37. The van der Waals surface area contributed by atoms with Gasteiger partial charge in [-0.15, -0.1) is 0 Å². The molecule has 0 bridgehead atoms. The van der Waals surface area contributed by atoms with Crippen LogP contribution in [-0.4, -0.2) is 28.8 Å². The first kappa shape index (κ1) is 23.4. The highest BCUT2D eigenvalue weighted by Crippen LogP contribution is 2.49. The quantitative estimate of drug-likeness (QED) is 0.410. The normalized spacial score (nSPS) is 22.3. The molecule has 4 rings (SSSR count). The van der Waals surface area contributed by atoms with E-state index in [9.17, 15) is 10.1 Å². The molecule has 0 N–H and O–H groups in total. The lowest BCUT2D eigenvalue weighted by Crippen LogP contribution is -2.42. The van der Waals surface area contributed by atoms with Crippen molar-refractivity contribution in [3.63, 3.8) is 0 Å². The smallest absolute Gasteiger partial charge is 0.269 e. The SMILES string of the molecule is CN1C(C)(C)c2ccc([N+](=O)[O-])cc2C1(C)C.CN1C(C)(C)c2ccccc2C1(C)C. The van der Waals surface area contributed by atoms with Gasteiger partial charge >= 0.3 is 0 Å². The van der Waals surface area contributed by atoms with Crippen molar-refractivity contribution in [2.24, 2.45) is 0 Å². The Morgan fingerprint density at radius 2 is 1.00 bits per heavy atom. The molecule has 0 aromatic heterocycles. The van der Waals surface area contributed by atoms with E-state index in [2.05, 4.69) is 104 Å². The Kier molecular flexibility index (Phi) is 5.40. The second-order valence-corrected chi connectivity index (χ2v) is 10.9. The van der Waals surface area contributed by atoms with Crippen LogP contribution in [0.15, 0.2) is 42.5 Å². The first-order chi connectivity index (χ1) is 14.1. The van der Waals surface area contributed by atoms with Crippen molar-refractivity contribution in [1.29, 1.82) is 0 Å². The van der Waals surface area contributed by atoms with Gasteiger partial charge in [0.1, 0.15) is 0 Å². The Bertz CT molecular complexity index is 986. The predicted octanol–water partition coefficient (Wildman–Crippen LogP) is 6.11. The monoisotopic (exact) mass is 423 g/mol. The molecule has 5 nitrogen and oxygen atoms in total. The maximum Gasteiger partial charge on any atom is 0.269 e. The Morgan fingerprint density at radius 1 is 0.645 bits per heavy atom. The van der Waals surface area contributed by atoms with Gasteiger partial charge in [-0.3, -0.25) is 19.9 Å². The molecule has 2 aromatic carbocycles. The fourth-order valence-electron chi connectivity index (χ4n) is 5.36. The van der Waals surface area contributed by atoms with Gasteiger partial charge in [0.05, 0.1) is 4.92 Å². The molecule has 5 heteroatoms.